The molecule has 18 heavy (non-hydrogen) atoms. The standard InChI is InChI=1S/C12H25N3O2S/c1-11-5-3-10-15(11)18(16,17)14(2)9-4-8-13-12-6-7-12/h11-13H,3-10H2,1-2H3. The van der Waals surface area contributed by atoms with E-state index in [1.807, 2.05) is 6.92 Å². The maximum Gasteiger partial charge on any atom is 0.281 e. The second kappa shape index (κ2) is 5.86. The van der Waals surface area contributed by atoms with Crippen molar-refractivity contribution in [1.29, 1.82) is 0 Å². The highest BCUT2D eigenvalue weighted by Crippen LogP contribution is 2.22. The van der Waals surface area contributed by atoms with Crippen molar-refractivity contribution in [2.75, 3.05) is 26.7 Å². The zero-order chi connectivity index (χ0) is 13.2. The molecule has 0 aromatic carbocycles. The minimum absolute atomic E-state index is 0.155. The Hall–Kier alpha value is -0.170. The van der Waals surface area contributed by atoms with Gasteiger partial charge in [-0.2, -0.15) is 17.0 Å². The highest BCUT2D eigenvalue weighted by molar-refractivity contribution is 7.86. The van der Waals surface area contributed by atoms with Gasteiger partial charge in [0.2, 0.25) is 0 Å². The van der Waals surface area contributed by atoms with E-state index in [2.05, 4.69) is 5.32 Å². The van der Waals surface area contributed by atoms with E-state index in [-0.39, 0.29) is 6.04 Å². The molecule has 1 atom stereocenters. The summed E-state index contributed by atoms with van der Waals surface area (Å²) < 4.78 is 27.8. The lowest BCUT2D eigenvalue weighted by Crippen LogP contribution is -2.44. The smallest absolute Gasteiger partial charge is 0.281 e. The van der Waals surface area contributed by atoms with Crippen LogP contribution in [0.5, 0.6) is 0 Å². The van der Waals surface area contributed by atoms with Gasteiger partial charge in [-0.1, -0.05) is 0 Å². The van der Waals surface area contributed by atoms with E-state index >= 15 is 0 Å². The Morgan fingerprint density at radius 2 is 2.06 bits per heavy atom. The quantitative estimate of drug-likeness (QED) is 0.699. The van der Waals surface area contributed by atoms with Gasteiger partial charge in [0.1, 0.15) is 0 Å². The predicted molar refractivity (Wildman–Crippen MR) is 72.6 cm³/mol. The summed E-state index contributed by atoms with van der Waals surface area (Å²) >= 11 is 0. The Morgan fingerprint density at radius 3 is 2.61 bits per heavy atom. The van der Waals surface area contributed by atoms with Gasteiger partial charge < -0.3 is 5.32 Å². The van der Waals surface area contributed by atoms with Crippen LogP contribution in [0.1, 0.15) is 39.0 Å². The molecule has 0 aromatic rings. The van der Waals surface area contributed by atoms with Crippen LogP contribution in [0, 0.1) is 0 Å². The molecule has 2 rings (SSSR count). The number of nitrogens with zero attached hydrogens (tertiary/aromatic N) is 2. The Kier molecular flexibility index (Phi) is 4.64. The molecule has 1 saturated carbocycles. The average Bonchev–Trinajstić information content (AvgIpc) is 3.04. The summed E-state index contributed by atoms with van der Waals surface area (Å²) in [4.78, 5) is 0. The van der Waals surface area contributed by atoms with Gasteiger partial charge in [-0.05, 0) is 45.6 Å². The fraction of sp³-hybridized carbons (Fsp3) is 1.00. The number of hydrogen-bond acceptors (Lipinski definition) is 3. The maximum atomic E-state index is 12.3. The van der Waals surface area contributed by atoms with Gasteiger partial charge in [-0.15, -0.1) is 0 Å². The van der Waals surface area contributed by atoms with E-state index < -0.39 is 10.2 Å². The van der Waals surface area contributed by atoms with Crippen LogP contribution in [0.4, 0.5) is 0 Å². The lowest BCUT2D eigenvalue weighted by Gasteiger charge is -2.27. The third kappa shape index (κ3) is 3.44. The first-order valence-corrected chi connectivity index (χ1v) is 8.38. The van der Waals surface area contributed by atoms with Crippen LogP contribution in [0.15, 0.2) is 0 Å². The molecule has 1 N–H and O–H groups in total. The minimum Gasteiger partial charge on any atom is -0.314 e. The highest BCUT2D eigenvalue weighted by atomic mass is 32.2. The average molecular weight is 275 g/mol. The molecule has 1 aliphatic carbocycles. The Labute approximate surface area is 111 Å². The third-order valence-corrected chi connectivity index (χ3v) is 5.95. The summed E-state index contributed by atoms with van der Waals surface area (Å²) in [5.74, 6) is 0. The van der Waals surface area contributed by atoms with Crippen LogP contribution >= 0.6 is 0 Å². The van der Waals surface area contributed by atoms with Crippen molar-refractivity contribution in [2.45, 2.75) is 51.1 Å². The molecule has 1 saturated heterocycles. The third-order valence-electron chi connectivity index (χ3n) is 3.84. The number of rotatable bonds is 7. The molecule has 1 aliphatic heterocycles. The summed E-state index contributed by atoms with van der Waals surface area (Å²) in [6.45, 7) is 4.19. The Balaban J connectivity index is 1.76. The molecule has 0 bridgehead atoms. The van der Waals surface area contributed by atoms with E-state index in [9.17, 15) is 8.42 Å². The minimum atomic E-state index is -3.23. The van der Waals surface area contributed by atoms with E-state index in [1.54, 1.807) is 11.4 Å². The second-order valence-electron chi connectivity index (χ2n) is 5.51. The van der Waals surface area contributed by atoms with Crippen molar-refractivity contribution in [2.24, 2.45) is 0 Å². The van der Waals surface area contributed by atoms with Gasteiger partial charge in [-0.3, -0.25) is 0 Å². The van der Waals surface area contributed by atoms with Crippen molar-refractivity contribution in [1.82, 2.24) is 13.9 Å². The first-order chi connectivity index (χ1) is 8.51. The molecule has 2 fully saturated rings. The fourth-order valence-electron chi connectivity index (χ4n) is 2.44. The van der Waals surface area contributed by atoms with Crippen LogP contribution in [-0.4, -0.2) is 55.8 Å². The molecule has 2 aliphatic rings. The van der Waals surface area contributed by atoms with Crippen LogP contribution in [0.25, 0.3) is 0 Å². The van der Waals surface area contributed by atoms with Gasteiger partial charge in [-0.25, -0.2) is 0 Å². The molecule has 0 aromatic heterocycles. The number of hydrogen-bond donors (Lipinski definition) is 1. The predicted octanol–water partition coefficient (Wildman–Crippen LogP) is 0.789. The fourth-order valence-corrected chi connectivity index (χ4v) is 4.08. The largest absolute Gasteiger partial charge is 0.314 e. The first kappa shape index (κ1) is 14.2. The van der Waals surface area contributed by atoms with E-state index in [4.69, 9.17) is 0 Å². The molecule has 1 unspecified atom stereocenters. The first-order valence-electron chi connectivity index (χ1n) is 6.98. The summed E-state index contributed by atoms with van der Waals surface area (Å²) in [5.41, 5.74) is 0. The lowest BCUT2D eigenvalue weighted by molar-refractivity contribution is 0.352. The Morgan fingerprint density at radius 1 is 1.33 bits per heavy atom. The van der Waals surface area contributed by atoms with Crippen LogP contribution < -0.4 is 5.32 Å². The number of nitrogens with one attached hydrogen (secondary N) is 1. The second-order valence-corrected chi connectivity index (χ2v) is 7.50. The van der Waals surface area contributed by atoms with Crippen molar-refractivity contribution >= 4 is 10.2 Å². The van der Waals surface area contributed by atoms with E-state index in [0.717, 1.165) is 25.8 Å². The topological polar surface area (TPSA) is 52.7 Å². The summed E-state index contributed by atoms with van der Waals surface area (Å²) in [6.07, 6.45) is 5.40. The molecule has 5 nitrogen and oxygen atoms in total. The van der Waals surface area contributed by atoms with E-state index in [1.165, 1.54) is 17.1 Å². The SMILES string of the molecule is CC1CCCN1S(=O)(=O)N(C)CCCNC1CC1. The van der Waals surface area contributed by atoms with Gasteiger partial charge in [0, 0.05) is 32.2 Å². The Bertz CT molecular complexity index is 368. The highest BCUT2D eigenvalue weighted by Gasteiger charge is 2.33. The van der Waals surface area contributed by atoms with Gasteiger partial charge in [0.25, 0.3) is 10.2 Å². The zero-order valence-corrected chi connectivity index (χ0v) is 12.2. The molecular weight excluding hydrogens is 250 g/mol. The summed E-state index contributed by atoms with van der Waals surface area (Å²) in [7, 11) is -1.54. The van der Waals surface area contributed by atoms with Gasteiger partial charge in [0.15, 0.2) is 0 Å². The molecule has 106 valence electrons. The van der Waals surface area contributed by atoms with E-state index in [0.29, 0.717) is 19.1 Å². The normalized spacial score (nSPS) is 26.1. The molecule has 0 radical (unpaired) electrons. The van der Waals surface area contributed by atoms with Crippen molar-refractivity contribution < 1.29 is 8.42 Å². The molecular formula is C12H25N3O2S. The van der Waals surface area contributed by atoms with Gasteiger partial charge in [0.05, 0.1) is 0 Å². The van der Waals surface area contributed by atoms with Crippen molar-refractivity contribution in [3.05, 3.63) is 0 Å². The van der Waals surface area contributed by atoms with Gasteiger partial charge >= 0.3 is 0 Å². The maximum absolute atomic E-state index is 12.3. The summed E-state index contributed by atoms with van der Waals surface area (Å²) in [6, 6.07) is 0.854. The lowest BCUT2D eigenvalue weighted by atomic mass is 10.3. The summed E-state index contributed by atoms with van der Waals surface area (Å²) in [5, 5.41) is 3.41. The van der Waals surface area contributed by atoms with Crippen molar-refractivity contribution in [3.63, 3.8) is 0 Å². The zero-order valence-electron chi connectivity index (χ0n) is 11.4. The molecule has 0 amide bonds. The van der Waals surface area contributed by atoms with Crippen molar-refractivity contribution in [3.8, 4) is 0 Å². The monoisotopic (exact) mass is 275 g/mol. The molecule has 6 heteroatoms. The molecule has 1 heterocycles. The molecule has 0 spiro atoms. The van der Waals surface area contributed by atoms with Crippen LogP contribution in [0.2, 0.25) is 0 Å². The van der Waals surface area contributed by atoms with Crippen LogP contribution in [0.3, 0.4) is 0 Å². The van der Waals surface area contributed by atoms with Crippen LogP contribution in [-0.2, 0) is 10.2 Å².